The van der Waals surface area contributed by atoms with Crippen molar-refractivity contribution in [1.82, 2.24) is 10.0 Å². The lowest BCUT2D eigenvalue weighted by Crippen LogP contribution is -2.35. The second kappa shape index (κ2) is 6.86. The number of ether oxygens (including phenoxy) is 1. The van der Waals surface area contributed by atoms with Crippen molar-refractivity contribution in [1.29, 1.82) is 0 Å². The van der Waals surface area contributed by atoms with Gasteiger partial charge < -0.3 is 15.2 Å². The van der Waals surface area contributed by atoms with Gasteiger partial charge in [0.1, 0.15) is 4.21 Å². The molecule has 23 heavy (non-hydrogen) atoms. The van der Waals surface area contributed by atoms with Crippen LogP contribution < -0.4 is 10.0 Å². The summed E-state index contributed by atoms with van der Waals surface area (Å²) in [7, 11) is -3.85. The molecular formula is C14H20N2O5S2. The van der Waals surface area contributed by atoms with Gasteiger partial charge in [-0.15, -0.1) is 11.3 Å². The third-order valence-corrected chi connectivity index (χ3v) is 7.30. The van der Waals surface area contributed by atoms with Crippen LogP contribution in [0.3, 0.4) is 0 Å². The third kappa shape index (κ3) is 3.58. The van der Waals surface area contributed by atoms with E-state index in [-0.39, 0.29) is 22.4 Å². The molecule has 0 bridgehead atoms. The van der Waals surface area contributed by atoms with Gasteiger partial charge in [-0.3, -0.25) is 0 Å². The Morgan fingerprint density at radius 3 is 2.96 bits per heavy atom. The predicted molar refractivity (Wildman–Crippen MR) is 85.5 cm³/mol. The minimum Gasteiger partial charge on any atom is -0.478 e. The molecule has 1 saturated heterocycles. The molecule has 0 saturated carbocycles. The second-order valence-electron chi connectivity index (χ2n) is 5.74. The van der Waals surface area contributed by atoms with Gasteiger partial charge in [0.05, 0.1) is 11.7 Å². The highest BCUT2D eigenvalue weighted by molar-refractivity contribution is 7.91. The Labute approximate surface area is 139 Å². The molecule has 3 heterocycles. The van der Waals surface area contributed by atoms with E-state index in [4.69, 9.17) is 4.74 Å². The average molecular weight is 360 g/mol. The van der Waals surface area contributed by atoms with Crippen molar-refractivity contribution in [2.75, 3.05) is 19.7 Å². The maximum atomic E-state index is 12.6. The van der Waals surface area contributed by atoms with Crippen LogP contribution in [0.4, 0.5) is 0 Å². The number of rotatable bonds is 5. The van der Waals surface area contributed by atoms with E-state index in [1.807, 2.05) is 0 Å². The summed E-state index contributed by atoms with van der Waals surface area (Å²) >= 11 is 1.05. The molecule has 0 radical (unpaired) electrons. The Kier molecular flexibility index (Phi) is 5.02. The van der Waals surface area contributed by atoms with Crippen molar-refractivity contribution in [2.45, 2.75) is 42.5 Å². The van der Waals surface area contributed by atoms with Gasteiger partial charge in [0.15, 0.2) is 0 Å². The Bertz CT molecular complexity index is 692. The van der Waals surface area contributed by atoms with Gasteiger partial charge in [-0.05, 0) is 37.8 Å². The molecule has 9 heteroatoms. The first-order valence-corrected chi connectivity index (χ1v) is 9.99. The SMILES string of the molecule is O=C(O)c1c(S(=O)(=O)NCC2CCCCO2)sc2c1CCNC2. The minimum atomic E-state index is -3.85. The van der Waals surface area contributed by atoms with Crippen LogP contribution in [0.1, 0.15) is 40.1 Å². The first-order chi connectivity index (χ1) is 11.0. The van der Waals surface area contributed by atoms with Crippen LogP contribution in [0.15, 0.2) is 4.21 Å². The summed E-state index contributed by atoms with van der Waals surface area (Å²) in [6.45, 7) is 2.00. The average Bonchev–Trinajstić information content (AvgIpc) is 2.95. The van der Waals surface area contributed by atoms with Crippen molar-refractivity contribution >= 4 is 27.3 Å². The Balaban J connectivity index is 1.84. The van der Waals surface area contributed by atoms with Gasteiger partial charge in [0.2, 0.25) is 0 Å². The number of aromatic carboxylic acids is 1. The summed E-state index contributed by atoms with van der Waals surface area (Å²) in [5.41, 5.74) is 0.583. The lowest BCUT2D eigenvalue weighted by atomic mass is 10.1. The molecule has 128 valence electrons. The number of sulfonamides is 1. The molecule has 0 aliphatic carbocycles. The lowest BCUT2D eigenvalue weighted by Gasteiger charge is -2.22. The van der Waals surface area contributed by atoms with Gasteiger partial charge in [-0.2, -0.15) is 0 Å². The van der Waals surface area contributed by atoms with Crippen LogP contribution >= 0.6 is 11.3 Å². The van der Waals surface area contributed by atoms with Gasteiger partial charge >= 0.3 is 5.97 Å². The fourth-order valence-corrected chi connectivity index (χ4v) is 5.92. The molecule has 1 aromatic rings. The van der Waals surface area contributed by atoms with E-state index in [9.17, 15) is 18.3 Å². The van der Waals surface area contributed by atoms with Crippen molar-refractivity contribution in [3.8, 4) is 0 Å². The smallest absolute Gasteiger partial charge is 0.338 e. The summed E-state index contributed by atoms with van der Waals surface area (Å²) in [5.74, 6) is -1.18. The van der Waals surface area contributed by atoms with E-state index in [1.165, 1.54) is 0 Å². The molecule has 1 atom stereocenters. The fourth-order valence-electron chi connectivity index (χ4n) is 2.95. The lowest BCUT2D eigenvalue weighted by molar-refractivity contribution is 0.0200. The fraction of sp³-hybridized carbons (Fsp3) is 0.643. The van der Waals surface area contributed by atoms with Gasteiger partial charge in [-0.1, -0.05) is 0 Å². The number of thiophene rings is 1. The molecule has 2 aliphatic heterocycles. The molecule has 3 rings (SSSR count). The number of hydrogen-bond donors (Lipinski definition) is 3. The first-order valence-electron chi connectivity index (χ1n) is 7.69. The molecule has 0 spiro atoms. The first kappa shape index (κ1) is 16.8. The van der Waals surface area contributed by atoms with Crippen LogP contribution in [-0.4, -0.2) is 45.3 Å². The largest absolute Gasteiger partial charge is 0.478 e. The Morgan fingerprint density at radius 2 is 2.26 bits per heavy atom. The van der Waals surface area contributed by atoms with Gasteiger partial charge in [0.25, 0.3) is 10.0 Å². The summed E-state index contributed by atoms with van der Waals surface area (Å²) in [4.78, 5) is 12.4. The van der Waals surface area contributed by atoms with Crippen molar-refractivity contribution in [3.63, 3.8) is 0 Å². The maximum Gasteiger partial charge on any atom is 0.338 e. The molecule has 7 nitrogen and oxygen atoms in total. The Hall–Kier alpha value is -1.00. The van der Waals surface area contributed by atoms with E-state index in [2.05, 4.69) is 10.0 Å². The molecule has 1 unspecified atom stereocenters. The molecule has 2 aliphatic rings. The highest BCUT2D eigenvalue weighted by atomic mass is 32.2. The number of carboxylic acids is 1. The molecule has 1 fully saturated rings. The van der Waals surface area contributed by atoms with Gasteiger partial charge in [0, 0.05) is 24.6 Å². The highest BCUT2D eigenvalue weighted by Gasteiger charge is 2.32. The molecule has 1 aromatic heterocycles. The predicted octanol–water partition coefficient (Wildman–Crippen LogP) is 0.939. The van der Waals surface area contributed by atoms with Crippen molar-refractivity contribution in [3.05, 3.63) is 16.0 Å². The zero-order valence-corrected chi connectivity index (χ0v) is 14.3. The van der Waals surface area contributed by atoms with Crippen LogP contribution in [0.2, 0.25) is 0 Å². The number of carboxylic acid groups (broad SMARTS) is 1. The molecule has 3 N–H and O–H groups in total. The molecule has 0 amide bonds. The summed E-state index contributed by atoms with van der Waals surface area (Å²) in [6.07, 6.45) is 3.24. The highest BCUT2D eigenvalue weighted by Crippen LogP contribution is 2.34. The van der Waals surface area contributed by atoms with E-state index in [1.54, 1.807) is 0 Å². The normalized spacial score (nSPS) is 21.8. The van der Waals surface area contributed by atoms with E-state index in [0.29, 0.717) is 31.7 Å². The second-order valence-corrected chi connectivity index (χ2v) is 8.81. The zero-order chi connectivity index (χ0) is 16.4. The third-order valence-electron chi connectivity index (χ3n) is 4.13. The van der Waals surface area contributed by atoms with E-state index < -0.39 is 16.0 Å². The van der Waals surface area contributed by atoms with Crippen LogP contribution in [-0.2, 0) is 27.7 Å². The monoisotopic (exact) mass is 360 g/mol. The molecule has 0 aromatic carbocycles. The van der Waals surface area contributed by atoms with E-state index in [0.717, 1.165) is 35.5 Å². The topological polar surface area (TPSA) is 105 Å². The number of nitrogens with one attached hydrogen (secondary N) is 2. The zero-order valence-electron chi connectivity index (χ0n) is 12.6. The van der Waals surface area contributed by atoms with Crippen molar-refractivity contribution < 1.29 is 23.1 Å². The summed E-state index contributed by atoms with van der Waals surface area (Å²) < 4.78 is 33.1. The Morgan fingerprint density at radius 1 is 1.43 bits per heavy atom. The molecular weight excluding hydrogens is 340 g/mol. The van der Waals surface area contributed by atoms with Crippen LogP contribution in [0.25, 0.3) is 0 Å². The maximum absolute atomic E-state index is 12.6. The van der Waals surface area contributed by atoms with E-state index >= 15 is 0 Å². The van der Waals surface area contributed by atoms with Crippen LogP contribution in [0.5, 0.6) is 0 Å². The number of hydrogen-bond acceptors (Lipinski definition) is 6. The quantitative estimate of drug-likeness (QED) is 0.722. The standard InChI is InChI=1S/C14H20N2O5S2/c17-13(18)12-10-4-5-15-8-11(10)22-14(12)23(19,20)16-7-9-3-1-2-6-21-9/h9,15-16H,1-8H2,(H,17,18). The summed E-state index contributed by atoms with van der Waals surface area (Å²) in [6, 6.07) is 0. The minimum absolute atomic E-state index is 0.0661. The number of carbonyl (C=O) groups is 1. The van der Waals surface area contributed by atoms with Crippen LogP contribution in [0, 0.1) is 0 Å². The number of fused-ring (bicyclic) bond motifs is 1. The van der Waals surface area contributed by atoms with Crippen molar-refractivity contribution in [2.24, 2.45) is 0 Å². The van der Waals surface area contributed by atoms with Gasteiger partial charge in [-0.25, -0.2) is 17.9 Å². The summed E-state index contributed by atoms with van der Waals surface area (Å²) in [5, 5.41) is 12.6.